The van der Waals surface area contributed by atoms with Crippen LogP contribution in [0.1, 0.15) is 15.9 Å². The molecular weight excluding hydrogens is 266 g/mol. The lowest BCUT2D eigenvalue weighted by molar-refractivity contribution is 0.104. The predicted octanol–water partition coefficient (Wildman–Crippen LogP) is 1.74. The maximum atomic E-state index is 12.1. The molecular formula is C16H17N3O2. The molecule has 0 fully saturated rings. The van der Waals surface area contributed by atoms with Crippen molar-refractivity contribution in [3.05, 3.63) is 64.1 Å². The third-order valence-electron chi connectivity index (χ3n) is 3.06. The van der Waals surface area contributed by atoms with Crippen LogP contribution in [0.2, 0.25) is 0 Å². The minimum atomic E-state index is -0.200. The molecule has 0 aliphatic carbocycles. The van der Waals surface area contributed by atoms with Gasteiger partial charge in [0.05, 0.1) is 6.20 Å². The molecule has 21 heavy (non-hydrogen) atoms. The highest BCUT2D eigenvalue weighted by Gasteiger charge is 2.10. The number of aryl methyl sites for hydroxylation is 1. The molecule has 0 amide bonds. The van der Waals surface area contributed by atoms with Crippen molar-refractivity contribution in [2.75, 3.05) is 19.0 Å². The second-order valence-corrected chi connectivity index (χ2v) is 4.84. The standard InChI is InChI=1S/C16H17N3O2/c1-18(2)15-13(11-17-19(3)16(15)21)9-10-14(20)12-7-5-4-6-8-12/h4-11H,1-3H3/b10-9+. The predicted molar refractivity (Wildman–Crippen MR) is 83.6 cm³/mol. The molecule has 0 radical (unpaired) electrons. The van der Waals surface area contributed by atoms with Gasteiger partial charge in [-0.15, -0.1) is 0 Å². The molecule has 1 heterocycles. The maximum Gasteiger partial charge on any atom is 0.290 e. The van der Waals surface area contributed by atoms with E-state index in [1.807, 2.05) is 18.2 Å². The second kappa shape index (κ2) is 6.17. The Balaban J connectivity index is 2.36. The molecule has 108 valence electrons. The molecule has 0 saturated carbocycles. The third kappa shape index (κ3) is 3.25. The zero-order chi connectivity index (χ0) is 15.4. The van der Waals surface area contributed by atoms with E-state index in [4.69, 9.17) is 0 Å². The lowest BCUT2D eigenvalue weighted by atomic mass is 10.1. The first kappa shape index (κ1) is 14.7. The molecule has 0 bridgehead atoms. The lowest BCUT2D eigenvalue weighted by Crippen LogP contribution is -2.28. The van der Waals surface area contributed by atoms with Gasteiger partial charge in [-0.2, -0.15) is 5.10 Å². The highest BCUT2D eigenvalue weighted by Crippen LogP contribution is 2.14. The summed E-state index contributed by atoms with van der Waals surface area (Å²) in [6, 6.07) is 8.98. The fourth-order valence-electron chi connectivity index (χ4n) is 1.97. The van der Waals surface area contributed by atoms with Gasteiger partial charge < -0.3 is 4.90 Å². The molecule has 1 aromatic heterocycles. The fraction of sp³-hybridized carbons (Fsp3) is 0.188. The Kier molecular flexibility index (Phi) is 4.33. The Morgan fingerprint density at radius 3 is 2.52 bits per heavy atom. The van der Waals surface area contributed by atoms with Gasteiger partial charge >= 0.3 is 0 Å². The Morgan fingerprint density at radius 1 is 1.24 bits per heavy atom. The summed E-state index contributed by atoms with van der Waals surface area (Å²) >= 11 is 0. The smallest absolute Gasteiger partial charge is 0.290 e. The van der Waals surface area contributed by atoms with Crippen LogP contribution in [0.4, 0.5) is 5.69 Å². The van der Waals surface area contributed by atoms with Gasteiger partial charge in [-0.3, -0.25) is 9.59 Å². The number of rotatable bonds is 4. The SMILES string of the molecule is CN(C)c1c(/C=C/C(=O)c2ccccc2)cnn(C)c1=O. The van der Waals surface area contributed by atoms with E-state index in [2.05, 4.69) is 5.10 Å². The second-order valence-electron chi connectivity index (χ2n) is 4.84. The van der Waals surface area contributed by atoms with Crippen molar-refractivity contribution in [2.45, 2.75) is 0 Å². The topological polar surface area (TPSA) is 55.2 Å². The summed E-state index contributed by atoms with van der Waals surface area (Å²) < 4.78 is 1.27. The van der Waals surface area contributed by atoms with Crippen molar-refractivity contribution in [1.29, 1.82) is 0 Å². The van der Waals surface area contributed by atoms with E-state index in [0.717, 1.165) is 0 Å². The molecule has 0 aliphatic rings. The molecule has 1 aromatic carbocycles. The molecule has 0 unspecified atom stereocenters. The van der Waals surface area contributed by atoms with Crippen LogP contribution < -0.4 is 10.5 Å². The van der Waals surface area contributed by atoms with Crippen molar-refractivity contribution in [1.82, 2.24) is 9.78 Å². The molecule has 5 nitrogen and oxygen atoms in total. The van der Waals surface area contributed by atoms with Gasteiger partial charge in [0.1, 0.15) is 5.69 Å². The minimum absolute atomic E-state index is 0.110. The van der Waals surface area contributed by atoms with E-state index in [1.54, 1.807) is 50.4 Å². The van der Waals surface area contributed by atoms with Gasteiger partial charge in [-0.05, 0) is 12.2 Å². The molecule has 0 saturated heterocycles. The van der Waals surface area contributed by atoms with Crippen molar-refractivity contribution < 1.29 is 4.79 Å². The van der Waals surface area contributed by atoms with Crippen LogP contribution in [0.5, 0.6) is 0 Å². The molecule has 0 atom stereocenters. The lowest BCUT2D eigenvalue weighted by Gasteiger charge is -2.14. The quantitative estimate of drug-likeness (QED) is 0.633. The molecule has 0 spiro atoms. The Bertz CT molecular complexity index is 731. The van der Waals surface area contributed by atoms with Crippen molar-refractivity contribution >= 4 is 17.5 Å². The summed E-state index contributed by atoms with van der Waals surface area (Å²) in [6.07, 6.45) is 4.66. The Labute approximate surface area is 123 Å². The van der Waals surface area contributed by atoms with Gasteiger partial charge in [0.15, 0.2) is 5.78 Å². The summed E-state index contributed by atoms with van der Waals surface area (Å²) in [5.41, 5.74) is 1.53. The Hall–Kier alpha value is -2.69. The number of benzene rings is 1. The highest BCUT2D eigenvalue weighted by molar-refractivity contribution is 6.07. The normalized spacial score (nSPS) is 10.8. The van der Waals surface area contributed by atoms with Crippen LogP contribution >= 0.6 is 0 Å². The van der Waals surface area contributed by atoms with Gasteiger partial charge in [0.25, 0.3) is 5.56 Å². The number of allylic oxidation sites excluding steroid dienone is 1. The third-order valence-corrected chi connectivity index (χ3v) is 3.06. The van der Waals surface area contributed by atoms with Crippen molar-refractivity contribution in [3.8, 4) is 0 Å². The number of carbonyl (C=O) groups excluding carboxylic acids is 1. The first-order valence-corrected chi connectivity index (χ1v) is 6.52. The van der Waals surface area contributed by atoms with Gasteiger partial charge in [-0.25, -0.2) is 4.68 Å². The summed E-state index contributed by atoms with van der Waals surface area (Å²) in [7, 11) is 5.16. The zero-order valence-electron chi connectivity index (χ0n) is 12.3. The summed E-state index contributed by atoms with van der Waals surface area (Å²) in [6.45, 7) is 0. The largest absolute Gasteiger partial charge is 0.373 e. The van der Waals surface area contributed by atoms with E-state index >= 15 is 0 Å². The van der Waals surface area contributed by atoms with E-state index in [0.29, 0.717) is 16.8 Å². The van der Waals surface area contributed by atoms with Crippen molar-refractivity contribution in [2.24, 2.45) is 7.05 Å². The summed E-state index contributed by atoms with van der Waals surface area (Å²) in [4.78, 5) is 25.9. The van der Waals surface area contributed by atoms with Gasteiger partial charge in [-0.1, -0.05) is 30.3 Å². The summed E-state index contributed by atoms with van der Waals surface area (Å²) in [5.74, 6) is -0.110. The molecule has 0 N–H and O–H groups in total. The number of carbonyl (C=O) groups is 1. The number of aromatic nitrogens is 2. The number of hydrogen-bond donors (Lipinski definition) is 0. The number of nitrogens with zero attached hydrogens (tertiary/aromatic N) is 3. The van der Waals surface area contributed by atoms with Gasteiger partial charge in [0, 0.05) is 32.3 Å². The molecule has 5 heteroatoms. The molecule has 0 aliphatic heterocycles. The van der Waals surface area contributed by atoms with Crippen LogP contribution in [-0.2, 0) is 7.05 Å². The van der Waals surface area contributed by atoms with E-state index < -0.39 is 0 Å². The highest BCUT2D eigenvalue weighted by atomic mass is 16.1. The minimum Gasteiger partial charge on any atom is -0.373 e. The zero-order valence-corrected chi connectivity index (χ0v) is 12.3. The number of anilines is 1. The first-order valence-electron chi connectivity index (χ1n) is 6.52. The average molecular weight is 283 g/mol. The van der Waals surface area contributed by atoms with Crippen LogP contribution in [-0.4, -0.2) is 29.7 Å². The van der Waals surface area contributed by atoms with Crippen LogP contribution in [0.25, 0.3) is 6.08 Å². The van der Waals surface area contributed by atoms with Crippen molar-refractivity contribution in [3.63, 3.8) is 0 Å². The van der Waals surface area contributed by atoms with Crippen LogP contribution in [0, 0.1) is 0 Å². The van der Waals surface area contributed by atoms with E-state index in [1.165, 1.54) is 10.8 Å². The summed E-state index contributed by atoms with van der Waals surface area (Å²) in [5, 5.41) is 3.99. The van der Waals surface area contributed by atoms with Gasteiger partial charge in [0.2, 0.25) is 0 Å². The average Bonchev–Trinajstić information content (AvgIpc) is 2.48. The first-order chi connectivity index (χ1) is 10.0. The van der Waals surface area contributed by atoms with E-state index in [9.17, 15) is 9.59 Å². The number of hydrogen-bond acceptors (Lipinski definition) is 4. The van der Waals surface area contributed by atoms with Crippen LogP contribution in [0.3, 0.4) is 0 Å². The monoisotopic (exact) mass is 283 g/mol. The molecule has 2 aromatic rings. The Morgan fingerprint density at radius 2 is 1.90 bits per heavy atom. The molecule has 2 rings (SSSR count). The number of ketones is 1. The van der Waals surface area contributed by atoms with E-state index in [-0.39, 0.29) is 11.3 Å². The fourth-order valence-corrected chi connectivity index (χ4v) is 1.97. The maximum absolute atomic E-state index is 12.1. The van der Waals surface area contributed by atoms with Crippen LogP contribution in [0.15, 0.2) is 47.4 Å².